The minimum absolute atomic E-state index is 0.00160. The van der Waals surface area contributed by atoms with Crippen molar-refractivity contribution in [1.29, 1.82) is 0 Å². The van der Waals surface area contributed by atoms with Crippen molar-refractivity contribution in [3.05, 3.63) is 87.2 Å². The third kappa shape index (κ3) is 5.34. The molecule has 1 aliphatic heterocycles. The van der Waals surface area contributed by atoms with Gasteiger partial charge in [0.2, 0.25) is 11.8 Å². The van der Waals surface area contributed by atoms with Crippen molar-refractivity contribution in [2.75, 3.05) is 6.54 Å². The number of aryl methyl sites for hydroxylation is 1. The van der Waals surface area contributed by atoms with E-state index in [0.29, 0.717) is 19.4 Å². The molecule has 2 N–H and O–H groups in total. The Balaban J connectivity index is 1.48. The minimum Gasteiger partial charge on any atom is -0.419 e. The number of nitrogens with two attached hydrogens (primary N) is 1. The van der Waals surface area contributed by atoms with Gasteiger partial charge in [0.1, 0.15) is 5.01 Å². The summed E-state index contributed by atoms with van der Waals surface area (Å²) in [6.07, 6.45) is -2.85. The Kier molecular flexibility index (Phi) is 6.83. The molecule has 1 amide bonds. The number of carbonyl (C=O) groups is 1. The van der Waals surface area contributed by atoms with Gasteiger partial charge in [-0.2, -0.15) is 13.2 Å². The molecule has 0 saturated carbocycles. The van der Waals surface area contributed by atoms with E-state index >= 15 is 0 Å². The molecule has 1 saturated heterocycles. The SMILES string of the molecule is Cc1csc(C2CCCN2C(=O)c2cc(-c3nnc(C(C)(N)Cc4ccccc4)o3)cc(C(F)(F)F)c2)n1. The topological polar surface area (TPSA) is 98.1 Å². The first-order valence-corrected chi connectivity index (χ1v) is 13.0. The number of benzene rings is 2. The normalized spacial score (nSPS) is 17.5. The summed E-state index contributed by atoms with van der Waals surface area (Å²) < 4.78 is 47.4. The van der Waals surface area contributed by atoms with Crippen molar-refractivity contribution in [2.24, 2.45) is 5.73 Å². The van der Waals surface area contributed by atoms with Crippen molar-refractivity contribution < 1.29 is 22.4 Å². The molecule has 11 heteroatoms. The number of halogens is 3. The Morgan fingerprint density at radius 2 is 1.95 bits per heavy atom. The molecule has 2 aromatic carbocycles. The molecule has 3 heterocycles. The molecule has 0 bridgehead atoms. The molecule has 1 fully saturated rings. The lowest BCUT2D eigenvalue weighted by Gasteiger charge is -2.24. The number of carbonyl (C=O) groups excluding carboxylic acids is 1. The number of hydrogen-bond acceptors (Lipinski definition) is 7. The van der Waals surface area contributed by atoms with Crippen LogP contribution >= 0.6 is 11.3 Å². The largest absolute Gasteiger partial charge is 0.419 e. The summed E-state index contributed by atoms with van der Waals surface area (Å²) >= 11 is 1.45. The third-order valence-electron chi connectivity index (χ3n) is 6.52. The maximum Gasteiger partial charge on any atom is 0.416 e. The first-order valence-electron chi connectivity index (χ1n) is 12.1. The fourth-order valence-corrected chi connectivity index (χ4v) is 5.60. The number of thiazole rings is 1. The lowest BCUT2D eigenvalue weighted by Crippen LogP contribution is -2.35. The highest BCUT2D eigenvalue weighted by Crippen LogP contribution is 2.38. The molecule has 38 heavy (non-hydrogen) atoms. The van der Waals surface area contributed by atoms with E-state index in [1.54, 1.807) is 11.8 Å². The summed E-state index contributed by atoms with van der Waals surface area (Å²) in [6.45, 7) is 4.01. The Bertz CT molecular complexity index is 1450. The Labute approximate surface area is 221 Å². The minimum atomic E-state index is -4.68. The highest BCUT2D eigenvalue weighted by Gasteiger charge is 2.36. The number of aromatic nitrogens is 3. The van der Waals surface area contributed by atoms with Gasteiger partial charge in [0.15, 0.2) is 0 Å². The first-order chi connectivity index (χ1) is 18.0. The standard InChI is InChI=1S/C27H26F3N5O2S/c1-16-15-38-23(32-16)21-9-6-10-35(21)24(36)19-11-18(12-20(13-19)27(28,29)30)22-33-34-25(37-22)26(2,31)14-17-7-4-3-5-8-17/h3-5,7-8,11-13,15,21H,6,9-10,14,31H2,1-2H3. The van der Waals surface area contributed by atoms with Crippen LogP contribution in [-0.2, 0) is 18.1 Å². The van der Waals surface area contributed by atoms with E-state index in [-0.39, 0.29) is 29.0 Å². The summed E-state index contributed by atoms with van der Waals surface area (Å²) in [5.41, 5.74) is 6.11. The molecule has 0 radical (unpaired) electrons. The van der Waals surface area contributed by atoms with Crippen LogP contribution in [0.25, 0.3) is 11.5 Å². The van der Waals surface area contributed by atoms with Gasteiger partial charge in [-0.3, -0.25) is 4.79 Å². The maximum atomic E-state index is 13.9. The van der Waals surface area contributed by atoms with Crippen LogP contribution in [0.4, 0.5) is 13.2 Å². The number of rotatable bonds is 6. The second-order valence-corrected chi connectivity index (χ2v) is 10.7. The average molecular weight is 542 g/mol. The van der Waals surface area contributed by atoms with Gasteiger partial charge in [0.25, 0.3) is 5.91 Å². The number of amides is 1. The molecule has 0 spiro atoms. The summed E-state index contributed by atoms with van der Waals surface area (Å²) in [5, 5.41) is 10.7. The summed E-state index contributed by atoms with van der Waals surface area (Å²) in [4.78, 5) is 19.6. The van der Waals surface area contributed by atoms with Crippen LogP contribution in [0.1, 0.15) is 63.9 Å². The predicted octanol–water partition coefficient (Wildman–Crippen LogP) is 5.91. The molecule has 0 aliphatic carbocycles. The van der Waals surface area contributed by atoms with Gasteiger partial charge in [-0.15, -0.1) is 21.5 Å². The third-order valence-corrected chi connectivity index (χ3v) is 7.58. The van der Waals surface area contributed by atoms with Crippen LogP contribution in [0.5, 0.6) is 0 Å². The Morgan fingerprint density at radius 3 is 2.63 bits per heavy atom. The smallest absolute Gasteiger partial charge is 0.416 e. The molecule has 2 unspecified atom stereocenters. The molecule has 7 nitrogen and oxygen atoms in total. The lowest BCUT2D eigenvalue weighted by atomic mass is 9.94. The van der Waals surface area contributed by atoms with Gasteiger partial charge in [-0.05, 0) is 56.9 Å². The molecule has 5 rings (SSSR count). The van der Waals surface area contributed by atoms with Gasteiger partial charge >= 0.3 is 6.18 Å². The maximum absolute atomic E-state index is 13.9. The quantitative estimate of drug-likeness (QED) is 0.326. The van der Waals surface area contributed by atoms with E-state index < -0.39 is 23.2 Å². The van der Waals surface area contributed by atoms with E-state index in [9.17, 15) is 18.0 Å². The summed E-state index contributed by atoms with van der Waals surface area (Å²) in [5.74, 6) is -0.557. The van der Waals surface area contributed by atoms with Gasteiger partial charge in [-0.1, -0.05) is 30.3 Å². The van der Waals surface area contributed by atoms with Gasteiger partial charge in [0.05, 0.1) is 17.1 Å². The fourth-order valence-electron chi connectivity index (χ4n) is 4.66. The molecule has 2 atom stereocenters. The van der Waals surface area contributed by atoms with Gasteiger partial charge in [-0.25, -0.2) is 4.98 Å². The summed E-state index contributed by atoms with van der Waals surface area (Å²) in [6, 6.07) is 12.3. The van der Waals surface area contributed by atoms with E-state index in [2.05, 4.69) is 15.2 Å². The first kappa shape index (κ1) is 26.1. The zero-order chi connectivity index (χ0) is 27.1. The number of nitrogens with zero attached hydrogens (tertiary/aromatic N) is 4. The number of hydrogen-bond donors (Lipinski definition) is 1. The molecule has 2 aromatic heterocycles. The van der Waals surface area contributed by atoms with E-state index in [4.69, 9.17) is 10.2 Å². The van der Waals surface area contributed by atoms with E-state index in [1.165, 1.54) is 17.4 Å². The highest BCUT2D eigenvalue weighted by molar-refractivity contribution is 7.09. The Morgan fingerprint density at radius 1 is 1.18 bits per heavy atom. The van der Waals surface area contributed by atoms with Crippen LogP contribution in [0.2, 0.25) is 0 Å². The van der Waals surface area contributed by atoms with Gasteiger partial charge in [0, 0.05) is 28.7 Å². The van der Waals surface area contributed by atoms with Crippen LogP contribution in [0.3, 0.4) is 0 Å². The highest BCUT2D eigenvalue weighted by atomic mass is 32.1. The molecular formula is C27H26F3N5O2S. The van der Waals surface area contributed by atoms with Gasteiger partial charge < -0.3 is 15.1 Å². The van der Waals surface area contributed by atoms with Crippen molar-refractivity contribution in [1.82, 2.24) is 20.1 Å². The van der Waals surface area contributed by atoms with Crippen LogP contribution in [0.15, 0.2) is 58.3 Å². The predicted molar refractivity (Wildman–Crippen MR) is 136 cm³/mol. The van der Waals surface area contributed by atoms with E-state index in [0.717, 1.165) is 34.8 Å². The number of alkyl halides is 3. The zero-order valence-electron chi connectivity index (χ0n) is 20.8. The second-order valence-electron chi connectivity index (χ2n) is 9.77. The van der Waals surface area contributed by atoms with Crippen molar-refractivity contribution in [2.45, 2.75) is 50.9 Å². The molecule has 198 valence electrons. The molecule has 1 aliphatic rings. The van der Waals surface area contributed by atoms with Crippen molar-refractivity contribution >= 4 is 17.2 Å². The monoisotopic (exact) mass is 541 g/mol. The van der Waals surface area contributed by atoms with E-state index in [1.807, 2.05) is 42.6 Å². The molecular weight excluding hydrogens is 515 g/mol. The van der Waals surface area contributed by atoms with Crippen LogP contribution in [0, 0.1) is 6.92 Å². The average Bonchev–Trinajstić information content (AvgIpc) is 3.64. The van der Waals surface area contributed by atoms with Crippen molar-refractivity contribution in [3.8, 4) is 11.5 Å². The fraction of sp³-hybridized carbons (Fsp3) is 0.333. The summed E-state index contributed by atoms with van der Waals surface area (Å²) in [7, 11) is 0. The van der Waals surface area contributed by atoms with Crippen LogP contribution < -0.4 is 5.73 Å². The van der Waals surface area contributed by atoms with Crippen LogP contribution in [-0.4, -0.2) is 32.5 Å². The zero-order valence-corrected chi connectivity index (χ0v) is 21.6. The Hall–Kier alpha value is -3.57. The lowest BCUT2D eigenvalue weighted by molar-refractivity contribution is -0.137. The second kappa shape index (κ2) is 9.95. The number of likely N-dealkylation sites (tertiary alicyclic amines) is 1. The van der Waals surface area contributed by atoms with Crippen molar-refractivity contribution in [3.63, 3.8) is 0 Å². The molecule has 4 aromatic rings.